The van der Waals surface area contributed by atoms with Gasteiger partial charge in [-0.25, -0.2) is 4.98 Å². The van der Waals surface area contributed by atoms with Gasteiger partial charge in [0.05, 0.1) is 11.7 Å². The fourth-order valence-corrected chi connectivity index (χ4v) is 3.60. The van der Waals surface area contributed by atoms with Crippen molar-refractivity contribution >= 4 is 33.6 Å². The molecular weight excluding hydrogens is 396 g/mol. The molecule has 0 bridgehead atoms. The zero-order valence-electron chi connectivity index (χ0n) is 16.8. The summed E-state index contributed by atoms with van der Waals surface area (Å²) in [6, 6.07) is 14.4. The van der Waals surface area contributed by atoms with Gasteiger partial charge in [-0.15, -0.1) is 0 Å². The summed E-state index contributed by atoms with van der Waals surface area (Å²) in [5.74, 6) is 0.652. The number of hydrogen-bond acceptors (Lipinski definition) is 5. The number of para-hydroxylation sites is 1. The Morgan fingerprint density at radius 3 is 2.81 bits per heavy atom. The first-order valence-electron chi connectivity index (χ1n) is 9.92. The molecule has 0 saturated heterocycles. The van der Waals surface area contributed by atoms with Crippen LogP contribution in [0.5, 0.6) is 11.5 Å². The van der Waals surface area contributed by atoms with E-state index < -0.39 is 11.9 Å². The number of amides is 2. The van der Waals surface area contributed by atoms with Crippen LogP contribution in [-0.2, 0) is 11.3 Å². The molecule has 0 aliphatic carbocycles. The van der Waals surface area contributed by atoms with Gasteiger partial charge in [-0.1, -0.05) is 24.3 Å². The maximum atomic E-state index is 12.7. The summed E-state index contributed by atoms with van der Waals surface area (Å²) in [6.45, 7) is 2.15. The molecule has 8 nitrogen and oxygen atoms in total. The van der Waals surface area contributed by atoms with Crippen molar-refractivity contribution in [1.82, 2.24) is 20.6 Å². The van der Waals surface area contributed by atoms with E-state index in [1.165, 1.54) is 0 Å². The van der Waals surface area contributed by atoms with E-state index in [9.17, 15) is 9.59 Å². The van der Waals surface area contributed by atoms with Crippen molar-refractivity contribution in [2.45, 2.75) is 19.5 Å². The molecule has 0 radical (unpaired) electrons. The molecule has 0 fully saturated rings. The Balaban J connectivity index is 1.24. The largest absolute Gasteiger partial charge is 0.454 e. The van der Waals surface area contributed by atoms with Crippen LogP contribution >= 0.6 is 0 Å². The van der Waals surface area contributed by atoms with Gasteiger partial charge < -0.3 is 25.1 Å². The van der Waals surface area contributed by atoms with Crippen molar-refractivity contribution in [2.24, 2.45) is 0 Å². The van der Waals surface area contributed by atoms with Gasteiger partial charge in [0.2, 0.25) is 12.7 Å². The van der Waals surface area contributed by atoms with Crippen molar-refractivity contribution in [3.05, 3.63) is 66.0 Å². The van der Waals surface area contributed by atoms with E-state index in [2.05, 4.69) is 20.6 Å². The highest BCUT2D eigenvalue weighted by Gasteiger charge is 2.19. The molecule has 31 heavy (non-hydrogen) atoms. The summed E-state index contributed by atoms with van der Waals surface area (Å²) in [4.78, 5) is 32.6. The highest BCUT2D eigenvalue weighted by Crippen LogP contribution is 2.32. The van der Waals surface area contributed by atoms with Gasteiger partial charge >= 0.3 is 0 Å². The van der Waals surface area contributed by atoms with Gasteiger partial charge in [0.25, 0.3) is 5.91 Å². The first kappa shape index (κ1) is 18.9. The standard InChI is InChI=1S/C23H20N4O4/c1-13(22(28)25-10-14-6-7-20-21(8-14)31-12-30-20)26-23(29)18-9-16-15-4-2-3-5-17(15)27-19(16)11-24-18/h2-9,11,13,27H,10,12H2,1H3,(H,25,28)(H,26,29). The Hall–Kier alpha value is -4.07. The number of fused-ring (bicyclic) bond motifs is 4. The van der Waals surface area contributed by atoms with Crippen LogP contribution < -0.4 is 20.1 Å². The lowest BCUT2D eigenvalue weighted by atomic mass is 10.1. The van der Waals surface area contributed by atoms with Crippen LogP contribution in [0, 0.1) is 0 Å². The SMILES string of the molecule is CC(NC(=O)c1cc2c(cn1)[nH]c1ccccc12)C(=O)NCc1ccc2c(c1)OCO2. The molecule has 8 heteroatoms. The smallest absolute Gasteiger partial charge is 0.270 e. The second-order valence-corrected chi connectivity index (χ2v) is 7.39. The molecule has 1 aliphatic rings. The van der Waals surface area contributed by atoms with Crippen LogP contribution in [0.2, 0.25) is 0 Å². The first-order chi connectivity index (χ1) is 15.1. The number of benzene rings is 2. The number of rotatable bonds is 5. The monoisotopic (exact) mass is 416 g/mol. The van der Waals surface area contributed by atoms with E-state index in [0.29, 0.717) is 18.0 Å². The van der Waals surface area contributed by atoms with Gasteiger partial charge in [0.15, 0.2) is 11.5 Å². The van der Waals surface area contributed by atoms with Gasteiger partial charge in [0.1, 0.15) is 11.7 Å². The molecule has 156 valence electrons. The topological polar surface area (TPSA) is 105 Å². The molecule has 3 N–H and O–H groups in total. The number of H-pyrrole nitrogens is 1. The molecule has 3 heterocycles. The predicted molar refractivity (Wildman–Crippen MR) is 115 cm³/mol. The molecule has 5 rings (SSSR count). The van der Waals surface area contributed by atoms with Crippen molar-refractivity contribution in [3.8, 4) is 11.5 Å². The molecule has 1 unspecified atom stereocenters. The summed E-state index contributed by atoms with van der Waals surface area (Å²) < 4.78 is 10.6. The molecule has 2 amide bonds. The maximum Gasteiger partial charge on any atom is 0.270 e. The molecule has 1 atom stereocenters. The zero-order valence-corrected chi connectivity index (χ0v) is 16.8. The lowest BCUT2D eigenvalue weighted by Gasteiger charge is -2.14. The second kappa shape index (κ2) is 7.64. The van der Waals surface area contributed by atoms with Crippen LogP contribution in [0.1, 0.15) is 23.0 Å². The quantitative estimate of drug-likeness (QED) is 0.464. The second-order valence-electron chi connectivity index (χ2n) is 7.39. The third-order valence-corrected chi connectivity index (χ3v) is 5.27. The highest BCUT2D eigenvalue weighted by molar-refractivity contribution is 6.09. The van der Waals surface area contributed by atoms with Gasteiger partial charge in [-0.3, -0.25) is 9.59 Å². The van der Waals surface area contributed by atoms with Gasteiger partial charge in [0, 0.05) is 22.8 Å². The minimum Gasteiger partial charge on any atom is -0.454 e. The fourth-order valence-electron chi connectivity index (χ4n) is 3.60. The maximum absolute atomic E-state index is 12.7. The summed E-state index contributed by atoms with van der Waals surface area (Å²) in [5, 5.41) is 7.46. The number of ether oxygens (including phenoxy) is 2. The van der Waals surface area contributed by atoms with Crippen molar-refractivity contribution in [3.63, 3.8) is 0 Å². The molecule has 2 aromatic carbocycles. The average molecular weight is 416 g/mol. The third-order valence-electron chi connectivity index (χ3n) is 5.27. The molecule has 0 saturated carbocycles. The highest BCUT2D eigenvalue weighted by atomic mass is 16.7. The summed E-state index contributed by atoms with van der Waals surface area (Å²) in [7, 11) is 0. The number of aromatic amines is 1. The minimum absolute atomic E-state index is 0.201. The summed E-state index contributed by atoms with van der Waals surface area (Å²) in [6.07, 6.45) is 1.63. The number of nitrogens with zero attached hydrogens (tertiary/aromatic N) is 1. The van der Waals surface area contributed by atoms with Crippen LogP contribution in [0.3, 0.4) is 0 Å². The Bertz CT molecular complexity index is 1310. The average Bonchev–Trinajstić information content (AvgIpc) is 3.40. The van der Waals surface area contributed by atoms with Crippen LogP contribution in [0.4, 0.5) is 0 Å². The molecule has 4 aromatic rings. The number of carbonyl (C=O) groups is 2. The lowest BCUT2D eigenvalue weighted by Crippen LogP contribution is -2.44. The van der Waals surface area contributed by atoms with Crippen LogP contribution in [-0.4, -0.2) is 34.6 Å². The Morgan fingerprint density at radius 1 is 1.06 bits per heavy atom. The van der Waals surface area contributed by atoms with Gasteiger partial charge in [-0.05, 0) is 36.8 Å². The summed E-state index contributed by atoms with van der Waals surface area (Å²) in [5.41, 5.74) is 2.97. The number of nitrogens with one attached hydrogen (secondary N) is 3. The van der Waals surface area contributed by atoms with Crippen molar-refractivity contribution in [2.75, 3.05) is 6.79 Å². The molecule has 1 aliphatic heterocycles. The fraction of sp³-hybridized carbons (Fsp3) is 0.174. The van der Waals surface area contributed by atoms with Crippen LogP contribution in [0.25, 0.3) is 21.8 Å². The Morgan fingerprint density at radius 2 is 1.90 bits per heavy atom. The van der Waals surface area contributed by atoms with Crippen LogP contribution in [0.15, 0.2) is 54.7 Å². The predicted octanol–water partition coefficient (Wildman–Crippen LogP) is 2.88. The molecular formula is C23H20N4O4. The Labute approximate surface area is 177 Å². The van der Waals surface area contributed by atoms with E-state index in [0.717, 1.165) is 27.4 Å². The van der Waals surface area contributed by atoms with Gasteiger partial charge in [-0.2, -0.15) is 0 Å². The normalized spacial score (nSPS) is 13.3. The molecule has 2 aromatic heterocycles. The van der Waals surface area contributed by atoms with E-state index in [1.807, 2.05) is 42.5 Å². The number of pyridine rings is 1. The third kappa shape index (κ3) is 3.63. The van der Waals surface area contributed by atoms with Crippen molar-refractivity contribution in [1.29, 1.82) is 0 Å². The summed E-state index contributed by atoms with van der Waals surface area (Å²) >= 11 is 0. The van der Waals surface area contributed by atoms with Crippen molar-refractivity contribution < 1.29 is 19.1 Å². The van der Waals surface area contributed by atoms with E-state index in [-0.39, 0.29) is 18.4 Å². The zero-order chi connectivity index (χ0) is 21.4. The minimum atomic E-state index is -0.720. The Kier molecular flexibility index (Phi) is 4.66. The van der Waals surface area contributed by atoms with E-state index in [1.54, 1.807) is 19.2 Å². The number of carbonyl (C=O) groups excluding carboxylic acids is 2. The number of hydrogen-bond donors (Lipinski definition) is 3. The first-order valence-corrected chi connectivity index (χ1v) is 9.92. The van der Waals surface area contributed by atoms with E-state index >= 15 is 0 Å². The van der Waals surface area contributed by atoms with E-state index in [4.69, 9.17) is 9.47 Å². The number of aromatic nitrogens is 2. The lowest BCUT2D eigenvalue weighted by molar-refractivity contribution is -0.122. The molecule has 0 spiro atoms.